The minimum absolute atomic E-state index is 0.0906. The second-order valence-corrected chi connectivity index (χ2v) is 8.60. The van der Waals surface area contributed by atoms with Crippen LogP contribution in [0.25, 0.3) is 11.1 Å². The molecule has 0 saturated carbocycles. The first-order valence-corrected chi connectivity index (χ1v) is 11.0. The van der Waals surface area contributed by atoms with E-state index in [2.05, 4.69) is 15.6 Å². The van der Waals surface area contributed by atoms with E-state index >= 15 is 0 Å². The van der Waals surface area contributed by atoms with Gasteiger partial charge in [0.25, 0.3) is 5.91 Å². The fourth-order valence-corrected chi connectivity index (χ4v) is 4.17. The minimum atomic E-state index is -1.64. The molecule has 1 aromatic heterocycles. The Labute approximate surface area is 201 Å². The van der Waals surface area contributed by atoms with Crippen LogP contribution in [0.4, 0.5) is 10.5 Å². The number of ether oxygens (including phenoxy) is 1. The fourth-order valence-electron chi connectivity index (χ4n) is 4.17. The molecule has 2 aromatic carbocycles. The van der Waals surface area contributed by atoms with Gasteiger partial charge in [-0.1, -0.05) is 48.5 Å². The number of aromatic nitrogens is 1. The number of nitrogens with one attached hydrogen (secondary N) is 2. The Kier molecular flexibility index (Phi) is 6.79. The highest BCUT2D eigenvalue weighted by molar-refractivity contribution is 6.01. The molecule has 1 aliphatic carbocycles. The number of pyridine rings is 1. The van der Waals surface area contributed by atoms with Crippen LogP contribution < -0.4 is 10.6 Å². The van der Waals surface area contributed by atoms with Crippen molar-refractivity contribution in [3.63, 3.8) is 0 Å². The Morgan fingerprint density at radius 3 is 2.26 bits per heavy atom. The standard InChI is InChI=1S/C26H25N3O6/c1-26(34,13-22(30)31)15-28-24(32)23-21(11-6-12-27-23)29-25(33)35-14-20-18-9-4-2-7-16(18)17-8-3-5-10-19(17)20/h2-12,20,34H,13-15H2,1H3,(H,28,32)(H,29,33)(H,30,31). The second kappa shape index (κ2) is 9.94. The van der Waals surface area contributed by atoms with E-state index in [9.17, 15) is 19.5 Å². The maximum Gasteiger partial charge on any atom is 0.411 e. The summed E-state index contributed by atoms with van der Waals surface area (Å²) in [5, 5.41) is 24.0. The summed E-state index contributed by atoms with van der Waals surface area (Å²) in [5.41, 5.74) is 2.78. The van der Waals surface area contributed by atoms with E-state index in [1.54, 1.807) is 6.07 Å². The van der Waals surface area contributed by atoms with Gasteiger partial charge in [-0.25, -0.2) is 9.78 Å². The lowest BCUT2D eigenvalue weighted by atomic mass is 9.98. The van der Waals surface area contributed by atoms with E-state index in [0.717, 1.165) is 22.3 Å². The van der Waals surface area contributed by atoms with Gasteiger partial charge in [0.2, 0.25) is 0 Å². The van der Waals surface area contributed by atoms with Crippen molar-refractivity contribution in [3.8, 4) is 11.1 Å². The Morgan fingerprint density at radius 2 is 1.63 bits per heavy atom. The highest BCUT2D eigenvalue weighted by Gasteiger charge is 2.29. The van der Waals surface area contributed by atoms with Crippen molar-refractivity contribution in [2.24, 2.45) is 0 Å². The van der Waals surface area contributed by atoms with Crippen LogP contribution in [-0.4, -0.2) is 51.9 Å². The van der Waals surface area contributed by atoms with Crippen molar-refractivity contribution in [3.05, 3.63) is 83.7 Å². The molecule has 3 aromatic rings. The van der Waals surface area contributed by atoms with Gasteiger partial charge in [-0.3, -0.25) is 14.9 Å². The van der Waals surface area contributed by atoms with E-state index in [4.69, 9.17) is 9.84 Å². The molecule has 4 N–H and O–H groups in total. The lowest BCUT2D eigenvalue weighted by Gasteiger charge is -2.21. The monoisotopic (exact) mass is 475 g/mol. The number of hydrogen-bond acceptors (Lipinski definition) is 6. The summed E-state index contributed by atoms with van der Waals surface area (Å²) < 4.78 is 5.52. The van der Waals surface area contributed by atoms with Crippen molar-refractivity contribution in [2.75, 3.05) is 18.5 Å². The third-order valence-electron chi connectivity index (χ3n) is 5.77. The summed E-state index contributed by atoms with van der Waals surface area (Å²) in [7, 11) is 0. The van der Waals surface area contributed by atoms with Crippen LogP contribution in [0.3, 0.4) is 0 Å². The molecule has 0 radical (unpaired) electrons. The third-order valence-corrected chi connectivity index (χ3v) is 5.77. The molecule has 9 heteroatoms. The largest absolute Gasteiger partial charge is 0.481 e. The van der Waals surface area contributed by atoms with Crippen molar-refractivity contribution >= 4 is 23.7 Å². The SMILES string of the molecule is CC(O)(CNC(=O)c1ncccc1NC(=O)OCC1c2ccccc2-c2ccccc21)CC(=O)O. The molecule has 0 spiro atoms. The van der Waals surface area contributed by atoms with Gasteiger partial charge in [0.05, 0.1) is 17.7 Å². The molecule has 0 saturated heterocycles. The zero-order valence-electron chi connectivity index (χ0n) is 19.0. The lowest BCUT2D eigenvalue weighted by Crippen LogP contribution is -2.42. The quantitative estimate of drug-likeness (QED) is 0.392. The molecule has 180 valence electrons. The number of carbonyl (C=O) groups is 3. The molecular weight excluding hydrogens is 450 g/mol. The van der Waals surface area contributed by atoms with Crippen LogP contribution in [0.15, 0.2) is 66.9 Å². The van der Waals surface area contributed by atoms with Gasteiger partial charge >= 0.3 is 12.1 Å². The number of aliphatic hydroxyl groups is 1. The van der Waals surface area contributed by atoms with E-state index in [0.29, 0.717) is 0 Å². The summed E-state index contributed by atoms with van der Waals surface area (Å²) in [5.74, 6) is -1.98. The number of aliphatic carboxylic acids is 1. The number of carbonyl (C=O) groups excluding carboxylic acids is 2. The number of amides is 2. The molecule has 35 heavy (non-hydrogen) atoms. The summed E-state index contributed by atoms with van der Waals surface area (Å²) in [6.45, 7) is 1.11. The Balaban J connectivity index is 1.41. The number of nitrogens with zero attached hydrogens (tertiary/aromatic N) is 1. The molecule has 0 aliphatic heterocycles. The highest BCUT2D eigenvalue weighted by atomic mass is 16.5. The van der Waals surface area contributed by atoms with Gasteiger partial charge in [-0.2, -0.15) is 0 Å². The Morgan fingerprint density at radius 1 is 1.00 bits per heavy atom. The predicted molar refractivity (Wildman–Crippen MR) is 128 cm³/mol. The van der Waals surface area contributed by atoms with Crippen LogP contribution in [0.5, 0.6) is 0 Å². The average Bonchev–Trinajstić information content (AvgIpc) is 3.14. The van der Waals surface area contributed by atoms with E-state index < -0.39 is 30.0 Å². The molecule has 0 bridgehead atoms. The number of benzene rings is 2. The molecule has 4 rings (SSSR count). The average molecular weight is 476 g/mol. The molecule has 0 fully saturated rings. The van der Waals surface area contributed by atoms with Gasteiger partial charge < -0.3 is 20.3 Å². The van der Waals surface area contributed by atoms with Crippen LogP contribution in [0.1, 0.15) is 40.9 Å². The molecule has 1 heterocycles. The predicted octanol–water partition coefficient (Wildman–Crippen LogP) is 3.40. The van der Waals surface area contributed by atoms with Crippen LogP contribution in [0, 0.1) is 0 Å². The van der Waals surface area contributed by atoms with Gasteiger partial charge in [0.15, 0.2) is 5.69 Å². The Bertz CT molecular complexity index is 1230. The summed E-state index contributed by atoms with van der Waals surface area (Å²) in [6, 6.07) is 19.0. The van der Waals surface area contributed by atoms with E-state index in [-0.39, 0.29) is 30.5 Å². The first kappa shape index (κ1) is 23.9. The number of carboxylic acids is 1. The first-order valence-electron chi connectivity index (χ1n) is 11.0. The summed E-state index contributed by atoms with van der Waals surface area (Å²) >= 11 is 0. The van der Waals surface area contributed by atoms with Gasteiger partial charge in [0.1, 0.15) is 6.61 Å². The number of carboxylic acid groups (broad SMARTS) is 1. The van der Waals surface area contributed by atoms with Gasteiger partial charge in [-0.15, -0.1) is 0 Å². The van der Waals surface area contributed by atoms with Crippen molar-refractivity contribution in [2.45, 2.75) is 24.9 Å². The Hall–Kier alpha value is -4.24. The van der Waals surface area contributed by atoms with Crippen molar-refractivity contribution in [1.82, 2.24) is 10.3 Å². The van der Waals surface area contributed by atoms with E-state index in [1.165, 1.54) is 19.2 Å². The van der Waals surface area contributed by atoms with E-state index in [1.807, 2.05) is 48.5 Å². The highest BCUT2D eigenvalue weighted by Crippen LogP contribution is 2.44. The van der Waals surface area contributed by atoms with Gasteiger partial charge in [-0.05, 0) is 41.3 Å². The zero-order valence-corrected chi connectivity index (χ0v) is 19.0. The van der Waals surface area contributed by atoms with Crippen molar-refractivity contribution in [1.29, 1.82) is 0 Å². The fraction of sp³-hybridized carbons (Fsp3) is 0.231. The van der Waals surface area contributed by atoms with Gasteiger partial charge in [0, 0.05) is 18.7 Å². The third kappa shape index (κ3) is 5.47. The molecule has 9 nitrogen and oxygen atoms in total. The molecule has 2 amide bonds. The number of hydrogen-bond donors (Lipinski definition) is 4. The second-order valence-electron chi connectivity index (χ2n) is 8.60. The number of anilines is 1. The number of rotatable bonds is 8. The molecule has 1 aliphatic rings. The number of fused-ring (bicyclic) bond motifs is 3. The first-order chi connectivity index (χ1) is 16.7. The smallest absolute Gasteiger partial charge is 0.411 e. The topological polar surface area (TPSA) is 138 Å². The van der Waals surface area contributed by atoms with Crippen molar-refractivity contribution < 1.29 is 29.3 Å². The maximum atomic E-state index is 12.6. The maximum absolute atomic E-state index is 12.6. The summed E-state index contributed by atoms with van der Waals surface area (Å²) in [4.78, 5) is 40.1. The normalized spacial score (nSPS) is 13.8. The minimum Gasteiger partial charge on any atom is -0.481 e. The van der Waals surface area contributed by atoms with Crippen LogP contribution in [0.2, 0.25) is 0 Å². The molecule has 1 unspecified atom stereocenters. The van der Waals surface area contributed by atoms with Crippen LogP contribution in [-0.2, 0) is 9.53 Å². The lowest BCUT2D eigenvalue weighted by molar-refractivity contribution is -0.141. The zero-order chi connectivity index (χ0) is 25.0. The molecular formula is C26H25N3O6. The summed E-state index contributed by atoms with van der Waals surface area (Å²) in [6.07, 6.45) is 0.0971. The van der Waals surface area contributed by atoms with Crippen LogP contribution >= 0.6 is 0 Å². The molecule has 1 atom stereocenters.